The summed E-state index contributed by atoms with van der Waals surface area (Å²) < 4.78 is 39.7. The first-order valence-corrected chi connectivity index (χ1v) is 10.3. The molecule has 162 valence electrons. The van der Waals surface area contributed by atoms with Crippen molar-refractivity contribution in [3.05, 3.63) is 59.7 Å². The lowest BCUT2D eigenvalue weighted by atomic mass is 9.87. The van der Waals surface area contributed by atoms with Crippen LogP contribution >= 0.6 is 0 Å². The van der Waals surface area contributed by atoms with E-state index in [1.165, 1.54) is 17.8 Å². The lowest BCUT2D eigenvalue weighted by Crippen LogP contribution is -2.43. The van der Waals surface area contributed by atoms with E-state index in [0.717, 1.165) is 38.0 Å². The summed E-state index contributed by atoms with van der Waals surface area (Å²) in [5.74, 6) is 5.14. The Labute approximate surface area is 175 Å². The van der Waals surface area contributed by atoms with Gasteiger partial charge in [0.1, 0.15) is 23.0 Å². The van der Waals surface area contributed by atoms with Crippen molar-refractivity contribution in [3.8, 4) is 5.75 Å². The van der Waals surface area contributed by atoms with Crippen LogP contribution in [0.3, 0.4) is 0 Å². The van der Waals surface area contributed by atoms with Gasteiger partial charge in [-0.2, -0.15) is 0 Å². The molecule has 0 bridgehead atoms. The maximum absolute atomic E-state index is 14.4. The number of benzene rings is 2. The van der Waals surface area contributed by atoms with E-state index in [1.54, 1.807) is 0 Å². The number of hydrazine groups is 1. The number of nitrogens with zero attached hydrogens (tertiary/aromatic N) is 1. The first kappa shape index (κ1) is 21.0. The molecule has 0 radical (unpaired) electrons. The Balaban J connectivity index is 1.37. The molecule has 2 aromatic carbocycles. The summed E-state index contributed by atoms with van der Waals surface area (Å²) in [6.07, 6.45) is 0.526. The first-order valence-electron chi connectivity index (χ1n) is 10.3. The fourth-order valence-electron chi connectivity index (χ4n) is 4.29. The zero-order valence-corrected chi connectivity index (χ0v) is 16.9. The van der Waals surface area contributed by atoms with Gasteiger partial charge in [-0.1, -0.05) is 6.07 Å². The summed E-state index contributed by atoms with van der Waals surface area (Å²) in [7, 11) is 0. The highest BCUT2D eigenvalue weighted by molar-refractivity contribution is 5.49. The Morgan fingerprint density at radius 2 is 1.93 bits per heavy atom. The molecule has 2 heterocycles. The van der Waals surface area contributed by atoms with Crippen molar-refractivity contribution in [1.82, 2.24) is 10.7 Å². The number of hydrogen-bond acceptors (Lipinski definition) is 6. The molecule has 2 aliphatic rings. The average Bonchev–Trinajstić information content (AvgIpc) is 3.17. The number of rotatable bonds is 7. The van der Waals surface area contributed by atoms with Gasteiger partial charge in [-0.3, -0.25) is 11.3 Å². The van der Waals surface area contributed by atoms with Gasteiger partial charge in [-0.05, 0) is 36.8 Å². The summed E-state index contributed by atoms with van der Waals surface area (Å²) in [5, 5.41) is 3.35. The first-order chi connectivity index (χ1) is 14.6. The Kier molecular flexibility index (Phi) is 6.48. The highest BCUT2D eigenvalue weighted by atomic mass is 19.1. The van der Waals surface area contributed by atoms with Crippen LogP contribution in [0.5, 0.6) is 5.75 Å². The molecule has 2 fully saturated rings. The average molecular weight is 418 g/mol. The number of nitrogens with two attached hydrogens (primary N) is 1. The molecule has 30 heavy (non-hydrogen) atoms. The lowest BCUT2D eigenvalue weighted by Gasteiger charge is -2.29. The minimum absolute atomic E-state index is 0.0654. The zero-order valence-electron chi connectivity index (χ0n) is 16.9. The van der Waals surface area contributed by atoms with Gasteiger partial charge in [0.05, 0.1) is 13.2 Å². The number of ether oxygens (including phenoxy) is 2. The standard InChI is InChI=1S/C22H28F2N4O2/c23-17-1-6-20(21(24)11-17)22(15-27-25)12-16(14-30-22)13-29-19-4-2-18(3-5-19)28-9-7-26-8-10-28/h1-6,11,16,26-27H,7-10,12-15,25H2/t16-,22+/m1/s1. The highest BCUT2D eigenvalue weighted by Gasteiger charge is 2.43. The van der Waals surface area contributed by atoms with E-state index in [2.05, 4.69) is 27.8 Å². The maximum atomic E-state index is 14.4. The number of nitrogens with one attached hydrogen (secondary N) is 2. The minimum atomic E-state index is -0.938. The highest BCUT2D eigenvalue weighted by Crippen LogP contribution is 2.40. The van der Waals surface area contributed by atoms with E-state index in [9.17, 15) is 8.78 Å². The van der Waals surface area contributed by atoms with Crippen LogP contribution in [0.2, 0.25) is 0 Å². The summed E-state index contributed by atoms with van der Waals surface area (Å²) in [5.41, 5.74) is 3.15. The maximum Gasteiger partial charge on any atom is 0.132 e. The molecule has 8 heteroatoms. The van der Waals surface area contributed by atoms with Crippen LogP contribution in [0.1, 0.15) is 12.0 Å². The summed E-state index contributed by atoms with van der Waals surface area (Å²) >= 11 is 0. The second kappa shape index (κ2) is 9.26. The molecule has 2 saturated heterocycles. The molecular formula is C22H28F2N4O2. The summed E-state index contributed by atoms with van der Waals surface area (Å²) in [6.45, 7) is 5.07. The Bertz CT molecular complexity index is 846. The van der Waals surface area contributed by atoms with Crippen molar-refractivity contribution in [1.29, 1.82) is 0 Å². The van der Waals surface area contributed by atoms with Crippen LogP contribution < -0.4 is 26.2 Å². The van der Waals surface area contributed by atoms with Crippen molar-refractivity contribution in [2.45, 2.75) is 12.0 Å². The third-order valence-corrected chi connectivity index (χ3v) is 5.83. The van der Waals surface area contributed by atoms with Gasteiger partial charge in [-0.15, -0.1) is 0 Å². The van der Waals surface area contributed by atoms with Crippen LogP contribution in [0, 0.1) is 17.6 Å². The van der Waals surface area contributed by atoms with Crippen LogP contribution in [0.25, 0.3) is 0 Å². The topological polar surface area (TPSA) is 71.8 Å². The molecule has 0 aliphatic carbocycles. The number of hydrogen-bond donors (Lipinski definition) is 3. The van der Waals surface area contributed by atoms with E-state index in [-0.39, 0.29) is 12.5 Å². The summed E-state index contributed by atoms with van der Waals surface area (Å²) in [4.78, 5) is 2.34. The zero-order chi connectivity index (χ0) is 21.0. The van der Waals surface area contributed by atoms with E-state index in [4.69, 9.17) is 15.3 Å². The van der Waals surface area contributed by atoms with Gasteiger partial charge in [0.15, 0.2) is 0 Å². The fraction of sp³-hybridized carbons (Fsp3) is 0.455. The largest absolute Gasteiger partial charge is 0.493 e. The van der Waals surface area contributed by atoms with Crippen LogP contribution in [0.15, 0.2) is 42.5 Å². The van der Waals surface area contributed by atoms with Gasteiger partial charge in [0.25, 0.3) is 0 Å². The van der Waals surface area contributed by atoms with Crippen molar-refractivity contribution < 1.29 is 18.3 Å². The van der Waals surface area contributed by atoms with Gasteiger partial charge in [0, 0.05) is 56.0 Å². The molecule has 0 spiro atoms. The third kappa shape index (κ3) is 4.57. The van der Waals surface area contributed by atoms with Crippen molar-refractivity contribution in [2.24, 2.45) is 11.8 Å². The van der Waals surface area contributed by atoms with Crippen molar-refractivity contribution >= 4 is 5.69 Å². The van der Waals surface area contributed by atoms with Crippen LogP contribution in [-0.4, -0.2) is 45.9 Å². The summed E-state index contributed by atoms with van der Waals surface area (Å²) in [6, 6.07) is 11.6. The predicted molar refractivity (Wildman–Crippen MR) is 111 cm³/mol. The van der Waals surface area contributed by atoms with E-state index in [1.807, 2.05) is 12.1 Å². The fourth-order valence-corrected chi connectivity index (χ4v) is 4.29. The van der Waals surface area contributed by atoms with Crippen molar-refractivity contribution in [2.75, 3.05) is 50.8 Å². The lowest BCUT2D eigenvalue weighted by molar-refractivity contribution is -0.00310. The number of piperazine rings is 1. The molecule has 4 rings (SSSR count). The normalized spacial score (nSPS) is 24.2. The third-order valence-electron chi connectivity index (χ3n) is 5.83. The molecule has 4 N–H and O–H groups in total. The Morgan fingerprint density at radius 3 is 2.63 bits per heavy atom. The molecule has 2 atom stereocenters. The molecule has 2 aromatic rings. The van der Waals surface area contributed by atoms with Crippen molar-refractivity contribution in [3.63, 3.8) is 0 Å². The predicted octanol–water partition coefficient (Wildman–Crippen LogP) is 2.15. The second-order valence-electron chi connectivity index (χ2n) is 7.92. The molecule has 6 nitrogen and oxygen atoms in total. The second-order valence-corrected chi connectivity index (χ2v) is 7.92. The molecule has 2 aliphatic heterocycles. The Morgan fingerprint density at radius 1 is 1.17 bits per heavy atom. The number of halogens is 2. The van der Waals surface area contributed by atoms with Gasteiger partial charge in [-0.25, -0.2) is 8.78 Å². The smallest absolute Gasteiger partial charge is 0.132 e. The van der Waals surface area contributed by atoms with E-state index >= 15 is 0 Å². The molecule has 0 amide bonds. The molecule has 0 unspecified atom stereocenters. The van der Waals surface area contributed by atoms with Gasteiger partial charge >= 0.3 is 0 Å². The monoisotopic (exact) mass is 418 g/mol. The van der Waals surface area contributed by atoms with Gasteiger partial charge in [0.2, 0.25) is 0 Å². The molecule has 0 saturated carbocycles. The number of anilines is 1. The SMILES string of the molecule is NNC[C@]1(c2ccc(F)cc2F)C[C@H](COc2ccc(N3CCNCC3)cc2)CO1. The van der Waals surface area contributed by atoms with E-state index in [0.29, 0.717) is 25.2 Å². The van der Waals surface area contributed by atoms with Crippen LogP contribution in [-0.2, 0) is 10.3 Å². The molecule has 0 aromatic heterocycles. The van der Waals surface area contributed by atoms with Gasteiger partial charge < -0.3 is 19.7 Å². The molecular weight excluding hydrogens is 390 g/mol. The van der Waals surface area contributed by atoms with Crippen LogP contribution in [0.4, 0.5) is 14.5 Å². The van der Waals surface area contributed by atoms with E-state index < -0.39 is 17.2 Å². The quantitative estimate of drug-likeness (QED) is 0.473. The Hall–Kier alpha value is -2.26. The minimum Gasteiger partial charge on any atom is -0.493 e.